The molecule has 2 saturated carbocycles. The molecule has 0 amide bonds. The maximum atomic E-state index is 5.77. The van der Waals surface area contributed by atoms with Crippen molar-refractivity contribution >= 4 is 16.9 Å². The minimum Gasteiger partial charge on any atom is -0.378 e. The molecule has 0 bridgehead atoms. The van der Waals surface area contributed by atoms with Gasteiger partial charge in [0.25, 0.3) is 0 Å². The Balaban J connectivity index is 1.49. The molecule has 18 heavy (non-hydrogen) atoms. The van der Waals surface area contributed by atoms with Crippen LogP contribution >= 0.6 is 11.8 Å². The molecular weight excluding hydrogens is 244 g/mol. The predicted molar refractivity (Wildman–Crippen MR) is 77.1 cm³/mol. The second-order valence-electron chi connectivity index (χ2n) is 6.34. The zero-order chi connectivity index (χ0) is 12.8. The number of hydrogen-bond donors (Lipinski definition) is 1. The van der Waals surface area contributed by atoms with Gasteiger partial charge in [-0.2, -0.15) is 0 Å². The van der Waals surface area contributed by atoms with Gasteiger partial charge in [-0.3, -0.25) is 4.99 Å². The molecule has 0 spiro atoms. The summed E-state index contributed by atoms with van der Waals surface area (Å²) in [6.07, 6.45) is 4.37. The zero-order valence-corrected chi connectivity index (χ0v) is 12.4. The minimum absolute atomic E-state index is 0.233. The van der Waals surface area contributed by atoms with Crippen LogP contribution in [0.1, 0.15) is 40.0 Å². The fourth-order valence-electron chi connectivity index (χ4n) is 2.95. The molecule has 0 aromatic carbocycles. The highest BCUT2D eigenvalue weighted by atomic mass is 32.2. The molecule has 0 aromatic rings. The third kappa shape index (κ3) is 2.29. The molecule has 3 atom stereocenters. The number of hydrogen-bond acceptors (Lipinski definition) is 4. The number of nitrogens with one attached hydrogen (secondary N) is 1. The Morgan fingerprint density at radius 2 is 2.22 bits per heavy atom. The van der Waals surface area contributed by atoms with E-state index in [-0.39, 0.29) is 5.41 Å². The zero-order valence-electron chi connectivity index (χ0n) is 11.6. The molecule has 3 nitrogen and oxygen atoms in total. The van der Waals surface area contributed by atoms with Crippen LogP contribution in [0, 0.1) is 11.3 Å². The highest BCUT2D eigenvalue weighted by Gasteiger charge is 2.49. The fraction of sp³-hybridized carbons (Fsp3) is 0.929. The topological polar surface area (TPSA) is 33.6 Å². The molecule has 4 heteroatoms. The third-order valence-corrected chi connectivity index (χ3v) is 5.98. The second-order valence-corrected chi connectivity index (χ2v) is 7.57. The number of aliphatic imine (C=N–C) groups is 1. The summed E-state index contributed by atoms with van der Waals surface area (Å²) in [6, 6.07) is 0.526. The van der Waals surface area contributed by atoms with Crippen molar-refractivity contribution in [2.75, 3.05) is 13.2 Å². The molecule has 3 aliphatic rings. The standard InChI is InChI=1S/C14H24N2OS/c1-4-17-12-7-11(14(12,2)3)16-13-15-8-10(18-13)9-5-6-9/h9-12H,4-8H2,1-3H3,(H,15,16). The summed E-state index contributed by atoms with van der Waals surface area (Å²) in [5.74, 6) is 0.948. The normalized spacial score (nSPS) is 38.2. The number of rotatable bonds is 4. The van der Waals surface area contributed by atoms with E-state index in [0.717, 1.165) is 30.7 Å². The van der Waals surface area contributed by atoms with Crippen LogP contribution in [0.4, 0.5) is 0 Å². The molecule has 0 radical (unpaired) electrons. The average Bonchev–Trinajstić information content (AvgIpc) is 3.09. The van der Waals surface area contributed by atoms with Crippen molar-refractivity contribution in [2.45, 2.75) is 57.4 Å². The van der Waals surface area contributed by atoms with E-state index < -0.39 is 0 Å². The Bertz CT molecular complexity index is 352. The SMILES string of the molecule is CCOC1CC(NC2=NCC(C3CC3)S2)C1(C)C. The first-order valence-corrected chi connectivity index (χ1v) is 8.08. The smallest absolute Gasteiger partial charge is 0.157 e. The Labute approximate surface area is 114 Å². The van der Waals surface area contributed by atoms with E-state index in [4.69, 9.17) is 4.74 Å². The van der Waals surface area contributed by atoms with Gasteiger partial charge in [-0.25, -0.2) is 0 Å². The van der Waals surface area contributed by atoms with Gasteiger partial charge in [0.05, 0.1) is 12.6 Å². The highest BCUT2D eigenvalue weighted by Crippen LogP contribution is 2.45. The minimum atomic E-state index is 0.233. The van der Waals surface area contributed by atoms with E-state index in [2.05, 4.69) is 31.1 Å². The van der Waals surface area contributed by atoms with Crippen LogP contribution in [0.25, 0.3) is 0 Å². The van der Waals surface area contributed by atoms with Crippen molar-refractivity contribution in [1.29, 1.82) is 0 Å². The third-order valence-electron chi connectivity index (χ3n) is 4.67. The number of nitrogens with zero attached hydrogens (tertiary/aromatic N) is 1. The van der Waals surface area contributed by atoms with Crippen LogP contribution in [-0.4, -0.2) is 35.7 Å². The Morgan fingerprint density at radius 1 is 1.44 bits per heavy atom. The van der Waals surface area contributed by atoms with Crippen molar-refractivity contribution in [3.8, 4) is 0 Å². The molecule has 1 heterocycles. The van der Waals surface area contributed by atoms with Crippen molar-refractivity contribution in [3.63, 3.8) is 0 Å². The molecule has 1 N–H and O–H groups in total. The van der Waals surface area contributed by atoms with Crippen molar-refractivity contribution < 1.29 is 4.74 Å². The summed E-state index contributed by atoms with van der Waals surface area (Å²) in [7, 11) is 0. The molecular formula is C14H24N2OS. The first-order chi connectivity index (χ1) is 8.61. The Kier molecular flexibility index (Phi) is 3.35. The molecule has 102 valence electrons. The average molecular weight is 268 g/mol. The van der Waals surface area contributed by atoms with Gasteiger partial charge in [-0.05, 0) is 32.1 Å². The van der Waals surface area contributed by atoms with Crippen molar-refractivity contribution in [3.05, 3.63) is 0 Å². The van der Waals surface area contributed by atoms with Gasteiger partial charge in [0, 0.05) is 23.3 Å². The van der Waals surface area contributed by atoms with Gasteiger partial charge in [0.1, 0.15) is 0 Å². The van der Waals surface area contributed by atoms with E-state index in [1.807, 2.05) is 11.8 Å². The Hall–Kier alpha value is -0.220. The lowest BCUT2D eigenvalue weighted by Crippen LogP contribution is -2.61. The summed E-state index contributed by atoms with van der Waals surface area (Å²) in [6.45, 7) is 8.52. The molecule has 1 aliphatic heterocycles. The molecule has 2 aliphatic carbocycles. The summed E-state index contributed by atoms with van der Waals surface area (Å²) in [5, 5.41) is 5.58. The maximum Gasteiger partial charge on any atom is 0.157 e. The van der Waals surface area contributed by atoms with Crippen LogP contribution < -0.4 is 5.32 Å². The van der Waals surface area contributed by atoms with Crippen LogP contribution in [0.5, 0.6) is 0 Å². The molecule has 0 aromatic heterocycles. The van der Waals surface area contributed by atoms with Gasteiger partial charge in [0.2, 0.25) is 0 Å². The maximum absolute atomic E-state index is 5.77. The van der Waals surface area contributed by atoms with Crippen LogP contribution in [0.15, 0.2) is 4.99 Å². The second kappa shape index (κ2) is 4.71. The van der Waals surface area contributed by atoms with Gasteiger partial charge < -0.3 is 10.1 Å². The molecule has 2 fully saturated rings. The summed E-state index contributed by atoms with van der Waals surface area (Å²) < 4.78 is 5.77. The fourth-order valence-corrected chi connectivity index (χ4v) is 4.21. The monoisotopic (exact) mass is 268 g/mol. The van der Waals surface area contributed by atoms with Crippen LogP contribution in [0.2, 0.25) is 0 Å². The lowest BCUT2D eigenvalue weighted by molar-refractivity contribution is -0.109. The summed E-state index contributed by atoms with van der Waals surface area (Å²) >= 11 is 1.97. The molecule has 0 saturated heterocycles. The quantitative estimate of drug-likeness (QED) is 0.851. The molecule has 3 rings (SSSR count). The number of amidine groups is 1. The van der Waals surface area contributed by atoms with E-state index >= 15 is 0 Å². The van der Waals surface area contributed by atoms with E-state index in [9.17, 15) is 0 Å². The van der Waals surface area contributed by atoms with Crippen molar-refractivity contribution in [1.82, 2.24) is 5.32 Å². The highest BCUT2D eigenvalue weighted by molar-refractivity contribution is 8.14. The lowest BCUT2D eigenvalue weighted by atomic mass is 9.64. The van der Waals surface area contributed by atoms with Crippen LogP contribution in [-0.2, 0) is 4.74 Å². The van der Waals surface area contributed by atoms with E-state index in [0.29, 0.717) is 12.1 Å². The first-order valence-electron chi connectivity index (χ1n) is 7.20. The summed E-state index contributed by atoms with van der Waals surface area (Å²) in [5.41, 5.74) is 0.233. The molecule has 3 unspecified atom stereocenters. The van der Waals surface area contributed by atoms with E-state index in [1.54, 1.807) is 0 Å². The van der Waals surface area contributed by atoms with Gasteiger partial charge >= 0.3 is 0 Å². The van der Waals surface area contributed by atoms with E-state index in [1.165, 1.54) is 18.0 Å². The largest absolute Gasteiger partial charge is 0.378 e. The number of thioether (sulfide) groups is 1. The van der Waals surface area contributed by atoms with Gasteiger partial charge in [-0.1, -0.05) is 25.6 Å². The summed E-state index contributed by atoms with van der Waals surface area (Å²) in [4.78, 5) is 4.66. The Morgan fingerprint density at radius 3 is 2.83 bits per heavy atom. The van der Waals surface area contributed by atoms with Crippen molar-refractivity contribution in [2.24, 2.45) is 16.3 Å². The first kappa shape index (κ1) is 12.8. The lowest BCUT2D eigenvalue weighted by Gasteiger charge is -2.51. The predicted octanol–water partition coefficient (Wildman–Crippen LogP) is 2.66. The van der Waals surface area contributed by atoms with Gasteiger partial charge in [-0.15, -0.1) is 0 Å². The number of ether oxygens (including phenoxy) is 1. The van der Waals surface area contributed by atoms with Crippen LogP contribution in [0.3, 0.4) is 0 Å². The van der Waals surface area contributed by atoms with Gasteiger partial charge in [0.15, 0.2) is 5.17 Å².